The molecule has 0 unspecified atom stereocenters. The third-order valence-electron chi connectivity index (χ3n) is 4.32. The van der Waals surface area contributed by atoms with Crippen LogP contribution in [0.25, 0.3) is 11.2 Å². The molecule has 1 aromatic carbocycles. The Hall–Kier alpha value is -3.57. The molecule has 2 heterocycles. The first-order valence-corrected chi connectivity index (χ1v) is 10.0. The van der Waals surface area contributed by atoms with Gasteiger partial charge in [0.2, 0.25) is 16.4 Å². The summed E-state index contributed by atoms with van der Waals surface area (Å²) in [6, 6.07) is 5.37. The lowest BCUT2D eigenvalue weighted by Gasteiger charge is -2.14. The molecule has 0 aliphatic heterocycles. The van der Waals surface area contributed by atoms with Crippen molar-refractivity contribution in [3.63, 3.8) is 0 Å². The van der Waals surface area contributed by atoms with Crippen molar-refractivity contribution < 1.29 is 14.4 Å². The van der Waals surface area contributed by atoms with Crippen LogP contribution in [-0.2, 0) is 16.1 Å². The van der Waals surface area contributed by atoms with Crippen LogP contribution in [0.1, 0.15) is 28.9 Å². The second-order valence-corrected chi connectivity index (χ2v) is 7.43. The van der Waals surface area contributed by atoms with Crippen molar-refractivity contribution in [3.05, 3.63) is 52.1 Å². The third-order valence-corrected chi connectivity index (χ3v) is 4.78. The molecule has 0 saturated carbocycles. The number of amides is 1. The van der Waals surface area contributed by atoms with E-state index in [1.165, 1.54) is 6.20 Å². The van der Waals surface area contributed by atoms with Gasteiger partial charge in [0.05, 0.1) is 18.4 Å². The third kappa shape index (κ3) is 5.99. The van der Waals surface area contributed by atoms with E-state index in [0.717, 1.165) is 0 Å². The monoisotopic (exact) mass is 477 g/mol. The fraction of sp³-hybridized carbons (Fsp3) is 0.211. The molecule has 32 heavy (non-hydrogen) atoms. The number of halogens is 2. The van der Waals surface area contributed by atoms with Crippen molar-refractivity contribution in [2.45, 2.75) is 25.4 Å². The van der Waals surface area contributed by atoms with Crippen molar-refractivity contribution in [2.75, 3.05) is 11.1 Å². The zero-order valence-electron chi connectivity index (χ0n) is 16.4. The van der Waals surface area contributed by atoms with Crippen molar-refractivity contribution in [1.82, 2.24) is 25.3 Å². The predicted octanol–water partition coefficient (Wildman–Crippen LogP) is 1.32. The highest BCUT2D eigenvalue weighted by molar-refractivity contribution is 6.65. The van der Waals surface area contributed by atoms with Crippen LogP contribution in [-0.4, -0.2) is 42.4 Å². The van der Waals surface area contributed by atoms with E-state index in [1.54, 1.807) is 24.3 Å². The summed E-state index contributed by atoms with van der Waals surface area (Å²) < 4.78 is 0. The molecule has 1 amide bonds. The Morgan fingerprint density at radius 3 is 2.50 bits per heavy atom. The number of fused-ring (bicyclic) bond motifs is 1. The van der Waals surface area contributed by atoms with Gasteiger partial charge in [-0.3, -0.25) is 19.2 Å². The summed E-state index contributed by atoms with van der Waals surface area (Å²) in [5, 5.41) is 4.15. The summed E-state index contributed by atoms with van der Waals surface area (Å²) in [6.45, 7) is 0.258. The van der Waals surface area contributed by atoms with Gasteiger partial charge in [-0.2, -0.15) is 4.98 Å². The molecule has 13 heteroatoms. The second kappa shape index (κ2) is 10.2. The molecule has 3 aromatic rings. The smallest absolute Gasteiger partial charge is 0.302 e. The molecular formula is C19H17Cl2N7O4. The normalized spacial score (nSPS) is 11.7. The van der Waals surface area contributed by atoms with Crippen LogP contribution in [0.15, 0.2) is 35.3 Å². The minimum Gasteiger partial charge on any atom is -0.379 e. The summed E-state index contributed by atoms with van der Waals surface area (Å²) in [7, 11) is 0. The Kier molecular flexibility index (Phi) is 7.33. The summed E-state index contributed by atoms with van der Waals surface area (Å²) in [4.78, 5) is 61.2. The van der Waals surface area contributed by atoms with Crippen molar-refractivity contribution >= 4 is 62.4 Å². The van der Waals surface area contributed by atoms with Crippen LogP contribution in [0.5, 0.6) is 0 Å². The van der Waals surface area contributed by atoms with Crippen LogP contribution >= 0.6 is 23.2 Å². The minimum atomic E-state index is -1.02. The molecule has 5 N–H and O–H groups in total. The molecule has 0 fully saturated rings. The number of nitrogens with zero attached hydrogens (tertiary/aromatic N) is 3. The van der Waals surface area contributed by atoms with Gasteiger partial charge in [0, 0.05) is 17.7 Å². The number of nitrogens with one attached hydrogen (secondary N) is 3. The zero-order chi connectivity index (χ0) is 23.3. The Balaban J connectivity index is 1.62. The van der Waals surface area contributed by atoms with Gasteiger partial charge >= 0.3 is 5.56 Å². The van der Waals surface area contributed by atoms with E-state index in [4.69, 9.17) is 28.9 Å². The number of benzene rings is 1. The average molecular weight is 478 g/mol. The first-order valence-electron chi connectivity index (χ1n) is 9.27. The number of aromatic amines is 1. The summed E-state index contributed by atoms with van der Waals surface area (Å²) in [6.07, 6.45) is 1.40. The molecule has 0 aliphatic carbocycles. The average Bonchev–Trinajstić information content (AvgIpc) is 2.75. The van der Waals surface area contributed by atoms with Crippen molar-refractivity contribution in [1.29, 1.82) is 0 Å². The zero-order valence-corrected chi connectivity index (χ0v) is 17.9. The molecular weight excluding hydrogens is 461 g/mol. The first-order chi connectivity index (χ1) is 15.2. The lowest BCUT2D eigenvalue weighted by atomic mass is 10.1. The number of rotatable bonds is 9. The molecule has 0 bridgehead atoms. The molecule has 11 nitrogen and oxygen atoms in total. The SMILES string of the molecule is Nc1nc(=O)c2nc(CNc3ccc(C(=O)N[C@@H](CCC(=O)Cl)C(=O)Cl)cc3)cnc2[nH]1. The number of carbonyl (C=O) groups excluding carboxylic acids is 3. The number of nitrogens with two attached hydrogens (primary N) is 1. The van der Waals surface area contributed by atoms with Gasteiger partial charge in [-0.15, -0.1) is 0 Å². The van der Waals surface area contributed by atoms with Gasteiger partial charge in [-0.05, 0) is 53.9 Å². The van der Waals surface area contributed by atoms with Crippen LogP contribution in [0.4, 0.5) is 11.6 Å². The number of hydrogen-bond acceptors (Lipinski definition) is 9. The van der Waals surface area contributed by atoms with E-state index in [2.05, 4.69) is 30.6 Å². The number of nitrogen functional groups attached to an aromatic ring is 1. The van der Waals surface area contributed by atoms with Gasteiger partial charge in [0.1, 0.15) is 6.04 Å². The molecule has 0 spiro atoms. The highest BCUT2D eigenvalue weighted by Crippen LogP contribution is 2.13. The van der Waals surface area contributed by atoms with Gasteiger partial charge < -0.3 is 21.4 Å². The van der Waals surface area contributed by atoms with E-state index in [9.17, 15) is 19.2 Å². The maximum absolute atomic E-state index is 12.3. The van der Waals surface area contributed by atoms with Gasteiger partial charge in [-0.25, -0.2) is 9.97 Å². The second-order valence-electron chi connectivity index (χ2n) is 6.64. The first kappa shape index (κ1) is 23.1. The van der Waals surface area contributed by atoms with Crippen LogP contribution < -0.4 is 21.9 Å². The largest absolute Gasteiger partial charge is 0.379 e. The molecule has 0 aliphatic rings. The molecule has 3 rings (SSSR count). The number of H-pyrrole nitrogens is 1. The Labute approximate surface area is 190 Å². The van der Waals surface area contributed by atoms with Gasteiger partial charge in [0.25, 0.3) is 5.91 Å². The highest BCUT2D eigenvalue weighted by atomic mass is 35.5. The van der Waals surface area contributed by atoms with E-state index < -0.39 is 28.0 Å². The number of carbonyl (C=O) groups is 3. The Morgan fingerprint density at radius 1 is 1.12 bits per heavy atom. The maximum Gasteiger partial charge on any atom is 0.302 e. The highest BCUT2D eigenvalue weighted by Gasteiger charge is 2.20. The quantitative estimate of drug-likeness (QED) is 0.331. The summed E-state index contributed by atoms with van der Waals surface area (Å²) >= 11 is 10.7. The van der Waals surface area contributed by atoms with Crippen molar-refractivity contribution in [3.8, 4) is 0 Å². The van der Waals surface area contributed by atoms with Gasteiger partial charge in [0.15, 0.2) is 11.2 Å². The van der Waals surface area contributed by atoms with Crippen LogP contribution in [0, 0.1) is 0 Å². The topological polar surface area (TPSA) is 173 Å². The van der Waals surface area contributed by atoms with E-state index in [1.807, 2.05) is 0 Å². The van der Waals surface area contributed by atoms with Crippen LogP contribution in [0.2, 0.25) is 0 Å². The van der Waals surface area contributed by atoms with Crippen LogP contribution in [0.3, 0.4) is 0 Å². The van der Waals surface area contributed by atoms with E-state index >= 15 is 0 Å². The maximum atomic E-state index is 12.3. The molecule has 166 valence electrons. The fourth-order valence-corrected chi connectivity index (χ4v) is 3.01. The fourth-order valence-electron chi connectivity index (χ4n) is 2.74. The lowest BCUT2D eigenvalue weighted by Crippen LogP contribution is -2.39. The predicted molar refractivity (Wildman–Crippen MR) is 118 cm³/mol. The molecule has 2 aromatic heterocycles. The Morgan fingerprint density at radius 2 is 1.84 bits per heavy atom. The molecule has 0 saturated heterocycles. The van der Waals surface area contributed by atoms with Gasteiger partial charge in [-0.1, -0.05) is 0 Å². The van der Waals surface area contributed by atoms with E-state index in [-0.39, 0.29) is 42.1 Å². The number of aromatic nitrogens is 4. The summed E-state index contributed by atoms with van der Waals surface area (Å²) in [5.41, 5.74) is 6.67. The van der Waals surface area contributed by atoms with E-state index in [0.29, 0.717) is 11.4 Å². The summed E-state index contributed by atoms with van der Waals surface area (Å²) in [5.74, 6) is -0.565. The standard InChI is InChI=1S/C19H17Cl2N7O4/c20-13(29)6-5-12(15(21)30)26-17(31)9-1-3-10(4-2-9)23-7-11-8-24-16-14(25-11)18(32)28-19(22)27-16/h1-4,8,12,23H,5-7H2,(H,26,31)(H3,22,24,27,28,32)/t12-/m0/s1. The lowest BCUT2D eigenvalue weighted by molar-refractivity contribution is -0.114. The molecule has 0 radical (unpaired) electrons. The molecule has 1 atom stereocenters. The number of hydrogen-bond donors (Lipinski definition) is 4. The Bertz CT molecular complexity index is 1230. The van der Waals surface area contributed by atoms with Crippen molar-refractivity contribution in [2.24, 2.45) is 0 Å². The number of anilines is 2. The minimum absolute atomic E-state index is 0.00772.